The summed E-state index contributed by atoms with van der Waals surface area (Å²) in [5, 5.41) is 9.07. The number of hydrogen-bond donors (Lipinski definition) is 0. The fourth-order valence-electron chi connectivity index (χ4n) is 1.65. The van der Waals surface area contributed by atoms with E-state index >= 15 is 0 Å². The van der Waals surface area contributed by atoms with E-state index in [9.17, 15) is 18.0 Å². The average molecular weight is 303 g/mol. The van der Waals surface area contributed by atoms with E-state index in [1.807, 2.05) is 6.07 Å². The van der Waals surface area contributed by atoms with Gasteiger partial charge in [0.1, 0.15) is 0 Å². The molecule has 20 heavy (non-hydrogen) atoms. The Labute approximate surface area is 118 Å². The fourth-order valence-corrected chi connectivity index (χ4v) is 2.29. The summed E-state index contributed by atoms with van der Waals surface area (Å²) in [5.41, 5.74) is -3.74. The van der Waals surface area contributed by atoms with Crippen molar-refractivity contribution in [3.05, 3.63) is 28.8 Å². The SMILES string of the molecule is CCOC(=O)Cc1ccc(SC(F)(F)F)c(C)c1C#N. The highest BCUT2D eigenvalue weighted by Gasteiger charge is 2.30. The summed E-state index contributed by atoms with van der Waals surface area (Å²) >= 11 is -0.273. The quantitative estimate of drug-likeness (QED) is 0.630. The van der Waals surface area contributed by atoms with E-state index in [0.29, 0.717) is 5.56 Å². The highest BCUT2D eigenvalue weighted by atomic mass is 32.2. The summed E-state index contributed by atoms with van der Waals surface area (Å²) in [6.07, 6.45) is -0.130. The number of alkyl halides is 3. The van der Waals surface area contributed by atoms with Gasteiger partial charge in [-0.2, -0.15) is 18.4 Å². The molecular weight excluding hydrogens is 291 g/mol. The van der Waals surface area contributed by atoms with Gasteiger partial charge in [0.2, 0.25) is 0 Å². The van der Waals surface area contributed by atoms with Gasteiger partial charge in [-0.3, -0.25) is 4.79 Å². The lowest BCUT2D eigenvalue weighted by molar-refractivity contribution is -0.142. The molecule has 0 unspecified atom stereocenters. The van der Waals surface area contributed by atoms with Gasteiger partial charge >= 0.3 is 11.5 Å². The molecule has 0 aliphatic heterocycles. The summed E-state index contributed by atoms with van der Waals surface area (Å²) in [6.45, 7) is 3.29. The number of nitriles is 1. The molecule has 3 nitrogen and oxygen atoms in total. The van der Waals surface area contributed by atoms with E-state index < -0.39 is 11.5 Å². The highest BCUT2D eigenvalue weighted by Crippen LogP contribution is 2.39. The van der Waals surface area contributed by atoms with Crippen LogP contribution in [-0.4, -0.2) is 18.1 Å². The number of hydrogen-bond acceptors (Lipinski definition) is 4. The van der Waals surface area contributed by atoms with Gasteiger partial charge in [-0.25, -0.2) is 0 Å². The first-order valence-corrected chi connectivity index (χ1v) is 6.54. The van der Waals surface area contributed by atoms with Crippen molar-refractivity contribution in [2.75, 3.05) is 6.61 Å². The van der Waals surface area contributed by atoms with Crippen molar-refractivity contribution in [1.82, 2.24) is 0 Å². The van der Waals surface area contributed by atoms with Gasteiger partial charge in [0.25, 0.3) is 0 Å². The Morgan fingerprint density at radius 3 is 2.60 bits per heavy atom. The van der Waals surface area contributed by atoms with Crippen LogP contribution in [0, 0.1) is 18.3 Å². The van der Waals surface area contributed by atoms with Crippen LogP contribution in [0.15, 0.2) is 17.0 Å². The standard InChI is InChI=1S/C13H12F3NO2S/c1-3-19-12(18)6-9-4-5-11(20-13(14,15)16)8(2)10(9)7-17/h4-5H,3,6H2,1-2H3. The summed E-state index contributed by atoms with van der Waals surface area (Å²) in [7, 11) is 0. The average Bonchev–Trinajstić information content (AvgIpc) is 2.32. The van der Waals surface area contributed by atoms with Crippen LogP contribution < -0.4 is 0 Å². The largest absolute Gasteiger partial charge is 0.466 e. The zero-order valence-electron chi connectivity index (χ0n) is 10.9. The lowest BCUT2D eigenvalue weighted by Gasteiger charge is -2.12. The maximum atomic E-state index is 12.4. The maximum absolute atomic E-state index is 12.4. The van der Waals surface area contributed by atoms with Gasteiger partial charge in [-0.05, 0) is 42.8 Å². The van der Waals surface area contributed by atoms with E-state index in [4.69, 9.17) is 10.00 Å². The fraction of sp³-hybridized carbons (Fsp3) is 0.385. The van der Waals surface area contributed by atoms with Gasteiger partial charge in [-0.1, -0.05) is 6.07 Å². The lowest BCUT2D eigenvalue weighted by atomic mass is 10.0. The van der Waals surface area contributed by atoms with Crippen molar-refractivity contribution in [3.8, 4) is 6.07 Å². The molecule has 0 amide bonds. The maximum Gasteiger partial charge on any atom is 0.446 e. The monoisotopic (exact) mass is 303 g/mol. The third-order valence-corrected chi connectivity index (χ3v) is 3.37. The molecule has 7 heteroatoms. The van der Waals surface area contributed by atoms with Gasteiger partial charge in [0.05, 0.1) is 24.7 Å². The van der Waals surface area contributed by atoms with Gasteiger partial charge in [-0.15, -0.1) is 0 Å². The molecule has 108 valence electrons. The van der Waals surface area contributed by atoms with Crippen LogP contribution in [0.25, 0.3) is 0 Å². The van der Waals surface area contributed by atoms with Gasteiger partial charge < -0.3 is 4.74 Å². The molecule has 0 spiro atoms. The van der Waals surface area contributed by atoms with Gasteiger partial charge in [0, 0.05) is 4.90 Å². The van der Waals surface area contributed by atoms with Crippen molar-refractivity contribution in [3.63, 3.8) is 0 Å². The smallest absolute Gasteiger partial charge is 0.446 e. The van der Waals surface area contributed by atoms with Gasteiger partial charge in [0.15, 0.2) is 0 Å². The Hall–Kier alpha value is -1.68. The van der Waals surface area contributed by atoms with Crippen LogP contribution in [0.2, 0.25) is 0 Å². The van der Waals surface area contributed by atoms with E-state index in [1.54, 1.807) is 6.92 Å². The molecule has 0 atom stereocenters. The lowest BCUT2D eigenvalue weighted by Crippen LogP contribution is -2.10. The first-order chi connectivity index (χ1) is 9.28. The first-order valence-electron chi connectivity index (χ1n) is 5.72. The summed E-state index contributed by atoms with van der Waals surface area (Å²) in [4.78, 5) is 11.3. The van der Waals surface area contributed by atoms with E-state index in [0.717, 1.165) is 0 Å². The topological polar surface area (TPSA) is 50.1 Å². The molecule has 0 heterocycles. The van der Waals surface area contributed by atoms with Crippen molar-refractivity contribution >= 4 is 17.7 Å². The summed E-state index contributed by atoms with van der Waals surface area (Å²) < 4.78 is 41.9. The van der Waals surface area contributed by atoms with E-state index in [-0.39, 0.29) is 40.8 Å². The molecule has 1 rings (SSSR count). The molecule has 0 N–H and O–H groups in total. The number of rotatable bonds is 4. The number of thioether (sulfide) groups is 1. The van der Waals surface area contributed by atoms with Crippen LogP contribution >= 0.6 is 11.8 Å². The van der Waals surface area contributed by atoms with Crippen LogP contribution in [0.3, 0.4) is 0 Å². The second kappa shape index (κ2) is 6.66. The zero-order chi connectivity index (χ0) is 15.3. The summed E-state index contributed by atoms with van der Waals surface area (Å²) in [5.74, 6) is -0.514. The minimum Gasteiger partial charge on any atom is -0.466 e. The van der Waals surface area contributed by atoms with Crippen molar-refractivity contribution in [2.45, 2.75) is 30.7 Å². The second-order valence-corrected chi connectivity index (χ2v) is 4.97. The zero-order valence-corrected chi connectivity index (χ0v) is 11.7. The Morgan fingerprint density at radius 2 is 2.10 bits per heavy atom. The van der Waals surface area contributed by atoms with Crippen molar-refractivity contribution in [2.24, 2.45) is 0 Å². The number of halogens is 3. The Kier molecular flexibility index (Phi) is 5.45. The molecule has 0 radical (unpaired) electrons. The number of esters is 1. The number of nitrogens with zero attached hydrogens (tertiary/aromatic N) is 1. The Morgan fingerprint density at radius 1 is 1.45 bits per heavy atom. The Balaban J connectivity index is 3.09. The molecule has 0 bridgehead atoms. The number of ether oxygens (including phenoxy) is 1. The van der Waals surface area contributed by atoms with Crippen molar-refractivity contribution < 1.29 is 22.7 Å². The summed E-state index contributed by atoms with van der Waals surface area (Å²) in [6, 6.07) is 4.47. The molecule has 0 saturated carbocycles. The molecule has 0 aliphatic carbocycles. The molecule has 0 aliphatic rings. The Bertz CT molecular complexity index is 550. The minimum atomic E-state index is -4.42. The predicted molar refractivity (Wildman–Crippen MR) is 68.1 cm³/mol. The molecule has 0 fully saturated rings. The first kappa shape index (κ1) is 16.4. The van der Waals surface area contributed by atoms with Crippen molar-refractivity contribution in [1.29, 1.82) is 5.26 Å². The molecule has 0 aromatic heterocycles. The molecule has 0 saturated heterocycles. The van der Waals surface area contributed by atoms with Crippen LogP contribution in [0.5, 0.6) is 0 Å². The third-order valence-electron chi connectivity index (χ3n) is 2.48. The van der Waals surface area contributed by atoms with E-state index in [1.165, 1.54) is 19.1 Å². The van der Waals surface area contributed by atoms with Crippen LogP contribution in [0.1, 0.15) is 23.6 Å². The van der Waals surface area contributed by atoms with E-state index in [2.05, 4.69) is 0 Å². The third kappa shape index (κ3) is 4.46. The second-order valence-electron chi connectivity index (χ2n) is 3.86. The minimum absolute atomic E-state index is 0.0401. The molecule has 1 aromatic rings. The molecular formula is C13H12F3NO2S. The molecule has 1 aromatic carbocycles. The van der Waals surface area contributed by atoms with Crippen LogP contribution in [-0.2, 0) is 16.0 Å². The highest BCUT2D eigenvalue weighted by molar-refractivity contribution is 8.00. The number of carbonyl (C=O) groups is 1. The number of carbonyl (C=O) groups excluding carboxylic acids is 1. The predicted octanol–water partition coefficient (Wildman–Crippen LogP) is 3.58. The number of benzene rings is 1. The normalized spacial score (nSPS) is 11.0. The van der Waals surface area contributed by atoms with Crippen LogP contribution in [0.4, 0.5) is 13.2 Å².